The van der Waals surface area contributed by atoms with Gasteiger partial charge in [0.1, 0.15) is 23.5 Å². The molecule has 5 nitrogen and oxygen atoms in total. The molecule has 6 heteroatoms. The number of nitrogens with zero attached hydrogens (tertiary/aromatic N) is 2. The zero-order valence-corrected chi connectivity index (χ0v) is 12.0. The third-order valence-electron chi connectivity index (χ3n) is 3.67. The maximum absolute atomic E-state index is 14.1. The molecule has 3 N–H and O–H groups in total. The van der Waals surface area contributed by atoms with Gasteiger partial charge in [-0.3, -0.25) is 0 Å². The van der Waals surface area contributed by atoms with Gasteiger partial charge < -0.3 is 15.7 Å². The van der Waals surface area contributed by atoms with Crippen LogP contribution >= 0.6 is 0 Å². The molecule has 0 aromatic heterocycles. The monoisotopic (exact) mass is 300 g/mol. The lowest BCUT2D eigenvalue weighted by Gasteiger charge is -2.28. The molecule has 22 heavy (non-hydrogen) atoms. The van der Waals surface area contributed by atoms with Crippen molar-refractivity contribution < 1.29 is 9.50 Å². The SMILES string of the molecule is N#CC(C#N)=CNc1cccc(F)c1NC1CCC(O)CC1. The van der Waals surface area contributed by atoms with Crippen molar-refractivity contribution in [2.75, 3.05) is 10.6 Å². The Labute approximate surface area is 128 Å². The number of rotatable bonds is 4. The lowest BCUT2D eigenvalue weighted by atomic mass is 9.93. The van der Waals surface area contributed by atoms with Gasteiger partial charge in [0, 0.05) is 12.2 Å². The average molecular weight is 300 g/mol. The number of hydrogen-bond donors (Lipinski definition) is 3. The van der Waals surface area contributed by atoms with Crippen LogP contribution in [0, 0.1) is 28.5 Å². The third-order valence-corrected chi connectivity index (χ3v) is 3.67. The Hall–Kier alpha value is -2.57. The predicted octanol–water partition coefficient (Wildman–Crippen LogP) is 2.88. The van der Waals surface area contributed by atoms with E-state index in [4.69, 9.17) is 10.5 Å². The molecule has 0 heterocycles. The van der Waals surface area contributed by atoms with Gasteiger partial charge in [-0.05, 0) is 37.8 Å². The van der Waals surface area contributed by atoms with E-state index < -0.39 is 5.82 Å². The number of aliphatic hydroxyl groups excluding tert-OH is 1. The van der Waals surface area contributed by atoms with E-state index in [1.807, 2.05) is 0 Å². The molecule has 1 aliphatic rings. The molecular weight excluding hydrogens is 283 g/mol. The highest BCUT2D eigenvalue weighted by atomic mass is 19.1. The molecule has 1 saturated carbocycles. The fraction of sp³-hybridized carbons (Fsp3) is 0.375. The topological polar surface area (TPSA) is 91.9 Å². The summed E-state index contributed by atoms with van der Waals surface area (Å²) in [6.07, 6.45) is 3.92. The van der Waals surface area contributed by atoms with E-state index in [2.05, 4.69) is 10.6 Å². The largest absolute Gasteiger partial charge is 0.393 e. The van der Waals surface area contributed by atoms with Crippen LogP contribution in [0.2, 0.25) is 0 Å². The van der Waals surface area contributed by atoms with E-state index in [1.54, 1.807) is 24.3 Å². The summed E-state index contributed by atoms with van der Waals surface area (Å²) in [6.45, 7) is 0. The number of nitriles is 2. The van der Waals surface area contributed by atoms with Gasteiger partial charge in [0.2, 0.25) is 0 Å². The van der Waals surface area contributed by atoms with Crippen LogP contribution in [0.3, 0.4) is 0 Å². The summed E-state index contributed by atoms with van der Waals surface area (Å²) < 4.78 is 14.1. The van der Waals surface area contributed by atoms with Gasteiger partial charge in [0.15, 0.2) is 0 Å². The first-order valence-electron chi connectivity index (χ1n) is 7.14. The highest BCUT2D eigenvalue weighted by molar-refractivity contribution is 5.71. The number of halogens is 1. The first-order chi connectivity index (χ1) is 10.6. The maximum Gasteiger partial charge on any atom is 0.148 e. The summed E-state index contributed by atoms with van der Waals surface area (Å²) in [5, 5.41) is 32.9. The minimum absolute atomic E-state index is 0.0870. The molecule has 1 aliphatic carbocycles. The smallest absolute Gasteiger partial charge is 0.148 e. The Balaban J connectivity index is 2.15. The molecule has 0 saturated heterocycles. The fourth-order valence-electron chi connectivity index (χ4n) is 2.45. The molecule has 1 aromatic rings. The summed E-state index contributed by atoms with van der Waals surface area (Å²) in [6, 6.07) is 8.15. The third kappa shape index (κ3) is 3.97. The van der Waals surface area contributed by atoms with E-state index in [0.29, 0.717) is 24.2 Å². The van der Waals surface area contributed by atoms with Gasteiger partial charge in [-0.15, -0.1) is 0 Å². The molecule has 0 radical (unpaired) electrons. The second-order valence-electron chi connectivity index (χ2n) is 5.24. The summed E-state index contributed by atoms with van der Waals surface area (Å²) in [4.78, 5) is 0. The lowest BCUT2D eigenvalue weighted by molar-refractivity contribution is 0.126. The van der Waals surface area contributed by atoms with Crippen molar-refractivity contribution in [2.24, 2.45) is 0 Å². The average Bonchev–Trinajstić information content (AvgIpc) is 2.53. The van der Waals surface area contributed by atoms with Gasteiger partial charge in [0.05, 0.1) is 17.5 Å². The second-order valence-corrected chi connectivity index (χ2v) is 5.24. The second kappa shape index (κ2) is 7.44. The number of nitrogens with one attached hydrogen (secondary N) is 2. The predicted molar refractivity (Wildman–Crippen MR) is 81.2 cm³/mol. The molecule has 0 amide bonds. The molecule has 0 bridgehead atoms. The molecule has 0 spiro atoms. The summed E-state index contributed by atoms with van der Waals surface area (Å²) >= 11 is 0. The summed E-state index contributed by atoms with van der Waals surface area (Å²) in [5.41, 5.74) is 0.695. The van der Waals surface area contributed by atoms with Crippen LogP contribution in [0.1, 0.15) is 25.7 Å². The maximum atomic E-state index is 14.1. The molecule has 0 aliphatic heterocycles. The van der Waals surface area contributed by atoms with Gasteiger partial charge >= 0.3 is 0 Å². The molecule has 114 valence electrons. The van der Waals surface area contributed by atoms with Crippen molar-refractivity contribution in [2.45, 2.75) is 37.8 Å². The van der Waals surface area contributed by atoms with Crippen LogP contribution in [0.4, 0.5) is 15.8 Å². The van der Waals surface area contributed by atoms with Crippen molar-refractivity contribution in [3.05, 3.63) is 35.8 Å². The highest BCUT2D eigenvalue weighted by Crippen LogP contribution is 2.29. The van der Waals surface area contributed by atoms with E-state index in [1.165, 1.54) is 12.3 Å². The van der Waals surface area contributed by atoms with Crippen LogP contribution < -0.4 is 10.6 Å². The van der Waals surface area contributed by atoms with Crippen LogP contribution in [-0.2, 0) is 0 Å². The van der Waals surface area contributed by atoms with E-state index in [9.17, 15) is 9.50 Å². The van der Waals surface area contributed by atoms with Crippen LogP contribution in [0.5, 0.6) is 0 Å². The number of benzene rings is 1. The van der Waals surface area contributed by atoms with Gasteiger partial charge in [-0.25, -0.2) is 4.39 Å². The molecule has 2 rings (SSSR count). The first-order valence-corrected chi connectivity index (χ1v) is 7.14. The van der Waals surface area contributed by atoms with Crippen molar-refractivity contribution in [1.82, 2.24) is 0 Å². The zero-order chi connectivity index (χ0) is 15.9. The van der Waals surface area contributed by atoms with Crippen molar-refractivity contribution in [1.29, 1.82) is 10.5 Å². The minimum Gasteiger partial charge on any atom is -0.393 e. The number of hydrogen-bond acceptors (Lipinski definition) is 5. The van der Waals surface area contributed by atoms with Gasteiger partial charge in [0.25, 0.3) is 0 Å². The van der Waals surface area contributed by atoms with E-state index in [-0.39, 0.29) is 17.7 Å². The Morgan fingerprint density at radius 1 is 1.23 bits per heavy atom. The van der Waals surface area contributed by atoms with Crippen molar-refractivity contribution in [3.8, 4) is 12.1 Å². The molecular formula is C16H17FN4O. The number of allylic oxidation sites excluding steroid dienone is 1. The molecule has 1 fully saturated rings. The standard InChI is InChI=1S/C16H17FN4O/c17-14-2-1-3-15(20-10-11(8-18)9-19)16(14)21-12-4-6-13(22)7-5-12/h1-3,10,12-13,20-22H,4-7H2. The Morgan fingerprint density at radius 2 is 1.91 bits per heavy atom. The van der Waals surface area contributed by atoms with Crippen LogP contribution in [0.15, 0.2) is 30.0 Å². The summed E-state index contributed by atoms with van der Waals surface area (Å²) in [7, 11) is 0. The Morgan fingerprint density at radius 3 is 2.55 bits per heavy atom. The highest BCUT2D eigenvalue weighted by Gasteiger charge is 2.21. The number of anilines is 2. The van der Waals surface area contributed by atoms with Crippen LogP contribution in [-0.4, -0.2) is 17.3 Å². The molecule has 0 unspecified atom stereocenters. The fourth-order valence-corrected chi connectivity index (χ4v) is 2.45. The Bertz CT molecular complexity index is 621. The van der Waals surface area contributed by atoms with Crippen molar-refractivity contribution >= 4 is 11.4 Å². The zero-order valence-electron chi connectivity index (χ0n) is 12.0. The molecule has 1 aromatic carbocycles. The molecule has 0 atom stereocenters. The lowest BCUT2D eigenvalue weighted by Crippen LogP contribution is -2.28. The summed E-state index contributed by atoms with van der Waals surface area (Å²) in [5.74, 6) is -0.403. The Kier molecular flexibility index (Phi) is 5.35. The normalized spacial score (nSPS) is 20.4. The number of para-hydroxylation sites is 1. The van der Waals surface area contributed by atoms with Gasteiger partial charge in [-0.2, -0.15) is 10.5 Å². The van der Waals surface area contributed by atoms with E-state index >= 15 is 0 Å². The first kappa shape index (κ1) is 15.8. The minimum atomic E-state index is -0.403. The quantitative estimate of drug-likeness (QED) is 0.744. The van der Waals surface area contributed by atoms with Gasteiger partial charge in [-0.1, -0.05) is 6.07 Å². The van der Waals surface area contributed by atoms with E-state index in [0.717, 1.165) is 12.8 Å². The van der Waals surface area contributed by atoms with Crippen molar-refractivity contribution in [3.63, 3.8) is 0 Å². The van der Waals surface area contributed by atoms with Crippen LogP contribution in [0.25, 0.3) is 0 Å². The number of aliphatic hydroxyl groups is 1.